The van der Waals surface area contributed by atoms with Crippen LogP contribution in [0.4, 0.5) is 13.2 Å². The number of nitrogens with zero attached hydrogens (tertiary/aromatic N) is 2. The molecule has 0 radical (unpaired) electrons. The van der Waals surface area contributed by atoms with Crippen LogP contribution in [0.1, 0.15) is 31.0 Å². The molecule has 2 aromatic rings. The second-order valence-corrected chi connectivity index (χ2v) is 8.41. The minimum atomic E-state index is -5.08. The van der Waals surface area contributed by atoms with Gasteiger partial charge in [0.25, 0.3) is 5.91 Å². The van der Waals surface area contributed by atoms with Gasteiger partial charge < -0.3 is 25.4 Å². The molecule has 3 heterocycles. The van der Waals surface area contributed by atoms with Crippen molar-refractivity contribution in [3.05, 3.63) is 36.5 Å². The predicted octanol–water partition coefficient (Wildman–Crippen LogP) is 1.74. The van der Waals surface area contributed by atoms with E-state index in [2.05, 4.69) is 10.6 Å². The number of carboxylic acids is 1. The quantitative estimate of drug-likeness (QED) is 0.569. The molecule has 0 bridgehead atoms. The van der Waals surface area contributed by atoms with Gasteiger partial charge in [-0.3, -0.25) is 19.0 Å². The Morgan fingerprint density at radius 3 is 2.44 bits per heavy atom. The number of alkyl halides is 3. The number of carbonyl (C=O) groups excluding carboxylic acids is 3. The number of ether oxygens (including phenoxy) is 1. The van der Waals surface area contributed by atoms with Gasteiger partial charge in [-0.05, 0) is 38.9 Å². The molecule has 2 amide bonds. The highest BCUT2D eigenvalue weighted by atomic mass is 19.4. The zero-order chi connectivity index (χ0) is 26.6. The van der Waals surface area contributed by atoms with Crippen molar-refractivity contribution in [3.8, 4) is 0 Å². The Bertz CT molecular complexity index is 1130. The molecule has 0 unspecified atom stereocenters. The van der Waals surface area contributed by atoms with Crippen molar-refractivity contribution in [2.45, 2.75) is 56.7 Å². The maximum atomic E-state index is 13.3. The average molecular weight is 512 g/mol. The molecular formula is C23H27F3N4O6. The zero-order valence-electron chi connectivity index (χ0n) is 19.6. The van der Waals surface area contributed by atoms with Crippen LogP contribution < -0.4 is 10.6 Å². The molecule has 2 fully saturated rings. The van der Waals surface area contributed by atoms with Crippen molar-refractivity contribution in [2.75, 3.05) is 13.7 Å². The van der Waals surface area contributed by atoms with Crippen molar-refractivity contribution in [2.24, 2.45) is 0 Å². The van der Waals surface area contributed by atoms with E-state index in [9.17, 15) is 27.6 Å². The second kappa shape index (κ2) is 11.1. The number of nitrogens with one attached hydrogen (secondary N) is 2. The topological polar surface area (TPSA) is 130 Å². The number of para-hydroxylation sites is 1. The molecule has 2 saturated heterocycles. The summed E-state index contributed by atoms with van der Waals surface area (Å²) in [5, 5.41) is 13.8. The molecule has 1 aromatic heterocycles. The summed E-state index contributed by atoms with van der Waals surface area (Å²) in [5.41, 5.74) is 0.817. The summed E-state index contributed by atoms with van der Waals surface area (Å²) in [5.74, 6) is -3.41. The number of fused-ring (bicyclic) bond motifs is 2. The van der Waals surface area contributed by atoms with Gasteiger partial charge in [-0.25, -0.2) is 4.79 Å². The van der Waals surface area contributed by atoms with Crippen molar-refractivity contribution in [1.29, 1.82) is 0 Å². The molecule has 0 saturated carbocycles. The Labute approximate surface area is 204 Å². The number of carbonyl (C=O) groups is 4. The van der Waals surface area contributed by atoms with Gasteiger partial charge in [-0.2, -0.15) is 13.2 Å². The highest BCUT2D eigenvalue weighted by Gasteiger charge is 2.46. The maximum absolute atomic E-state index is 13.3. The van der Waals surface area contributed by atoms with E-state index in [4.69, 9.17) is 14.6 Å². The first kappa shape index (κ1) is 27.1. The molecule has 2 aliphatic heterocycles. The third-order valence-electron chi connectivity index (χ3n) is 6.11. The van der Waals surface area contributed by atoms with E-state index in [1.165, 1.54) is 0 Å². The number of rotatable bonds is 4. The largest absolute Gasteiger partial charge is 0.490 e. The summed E-state index contributed by atoms with van der Waals surface area (Å²) in [7, 11) is 1.69. The molecule has 10 nitrogen and oxygen atoms in total. The fourth-order valence-electron chi connectivity index (χ4n) is 4.10. The molecule has 4 atom stereocenters. The number of hydrogen-bond donors (Lipinski definition) is 3. The number of likely N-dealkylation sites (N-methyl/N-ethyl adjacent to an activating group) is 1. The van der Waals surface area contributed by atoms with Crippen LogP contribution in [0.2, 0.25) is 0 Å². The summed E-state index contributed by atoms with van der Waals surface area (Å²) in [6, 6.07) is 7.83. The number of hydrogen-bond acceptors (Lipinski definition) is 6. The zero-order valence-corrected chi connectivity index (χ0v) is 19.6. The number of aromatic nitrogens is 1. The van der Waals surface area contributed by atoms with E-state index >= 15 is 0 Å². The Hall–Kier alpha value is -3.45. The number of carboxylic acid groups (broad SMARTS) is 1. The Balaban J connectivity index is 0.000000454. The summed E-state index contributed by atoms with van der Waals surface area (Å²) in [4.78, 5) is 49.3. The van der Waals surface area contributed by atoms with Gasteiger partial charge in [0.15, 0.2) is 0 Å². The van der Waals surface area contributed by atoms with Crippen LogP contribution in [0.5, 0.6) is 0 Å². The van der Waals surface area contributed by atoms with E-state index in [0.29, 0.717) is 25.9 Å². The standard InChI is InChI=1S/C21H26N4O4.C2HF3O2/c1-13(22-2)19(26)23-15-10-12-29-18-8-7-17(25(18)20(15)27)21(28)24-11-9-14-5-3-4-6-16(14)24;3-2(4,5)1(6)7/h3-6,9,11,13,15,17-18,22H,7-8,10,12H2,1-2H3,(H,23,26);(H,6,7)/t13-,15-,17+,18-;/m0./s1. The van der Waals surface area contributed by atoms with Gasteiger partial charge in [-0.15, -0.1) is 0 Å². The SMILES string of the molecule is CN[C@@H](C)C(=O)N[C@H]1CCO[C@H]2CC[C@H](C(=O)n3ccc4ccccc43)N2C1=O.O=C(O)C(F)(F)F. The first-order chi connectivity index (χ1) is 17.0. The number of aliphatic carboxylic acids is 1. The normalized spacial score (nSPS) is 22.8. The van der Waals surface area contributed by atoms with Crippen LogP contribution in [0.3, 0.4) is 0 Å². The first-order valence-corrected chi connectivity index (χ1v) is 11.3. The summed E-state index contributed by atoms with van der Waals surface area (Å²) < 4.78 is 39.2. The Kier molecular flexibility index (Phi) is 8.35. The monoisotopic (exact) mass is 512 g/mol. The molecule has 4 rings (SSSR count). The Morgan fingerprint density at radius 1 is 1.14 bits per heavy atom. The third kappa shape index (κ3) is 5.85. The fourth-order valence-corrected chi connectivity index (χ4v) is 4.10. The minimum Gasteiger partial charge on any atom is -0.475 e. The molecule has 13 heteroatoms. The van der Waals surface area contributed by atoms with Gasteiger partial charge in [0, 0.05) is 18.0 Å². The van der Waals surface area contributed by atoms with Crippen LogP contribution >= 0.6 is 0 Å². The van der Waals surface area contributed by atoms with Crippen LogP contribution in [0.15, 0.2) is 36.5 Å². The molecule has 0 spiro atoms. The molecular weight excluding hydrogens is 485 g/mol. The highest BCUT2D eigenvalue weighted by molar-refractivity contribution is 5.98. The van der Waals surface area contributed by atoms with E-state index in [-0.39, 0.29) is 17.7 Å². The predicted molar refractivity (Wildman–Crippen MR) is 121 cm³/mol. The molecule has 2 aliphatic rings. The first-order valence-electron chi connectivity index (χ1n) is 11.3. The van der Waals surface area contributed by atoms with Crippen LogP contribution in [-0.4, -0.2) is 82.4 Å². The van der Waals surface area contributed by atoms with Gasteiger partial charge >= 0.3 is 12.1 Å². The molecule has 36 heavy (non-hydrogen) atoms. The third-order valence-corrected chi connectivity index (χ3v) is 6.11. The summed E-state index contributed by atoms with van der Waals surface area (Å²) in [6.45, 7) is 2.09. The summed E-state index contributed by atoms with van der Waals surface area (Å²) >= 11 is 0. The molecule has 3 N–H and O–H groups in total. The van der Waals surface area contributed by atoms with Gasteiger partial charge in [0.05, 0.1) is 18.2 Å². The number of benzene rings is 1. The van der Waals surface area contributed by atoms with Gasteiger partial charge in [-0.1, -0.05) is 18.2 Å². The Morgan fingerprint density at radius 2 is 1.81 bits per heavy atom. The van der Waals surface area contributed by atoms with Crippen molar-refractivity contribution < 1.29 is 42.2 Å². The lowest BCUT2D eigenvalue weighted by Crippen LogP contribution is -2.55. The van der Waals surface area contributed by atoms with E-state index in [1.807, 2.05) is 30.3 Å². The van der Waals surface area contributed by atoms with Crippen molar-refractivity contribution >= 4 is 34.6 Å². The van der Waals surface area contributed by atoms with Crippen molar-refractivity contribution in [3.63, 3.8) is 0 Å². The van der Waals surface area contributed by atoms with E-state index < -0.39 is 36.5 Å². The van der Waals surface area contributed by atoms with Crippen LogP contribution in [0, 0.1) is 0 Å². The second-order valence-electron chi connectivity index (χ2n) is 8.41. The average Bonchev–Trinajstić information content (AvgIpc) is 3.42. The minimum absolute atomic E-state index is 0.152. The molecule has 196 valence electrons. The van der Waals surface area contributed by atoms with Gasteiger partial charge in [0.2, 0.25) is 11.8 Å². The van der Waals surface area contributed by atoms with Crippen LogP contribution in [-0.2, 0) is 19.1 Å². The molecule has 0 aliphatic carbocycles. The summed E-state index contributed by atoms with van der Waals surface area (Å²) in [6.07, 6.45) is -2.23. The number of halogens is 3. The smallest absolute Gasteiger partial charge is 0.475 e. The maximum Gasteiger partial charge on any atom is 0.490 e. The van der Waals surface area contributed by atoms with E-state index in [1.54, 1.807) is 29.6 Å². The lowest BCUT2D eigenvalue weighted by atomic mass is 10.1. The van der Waals surface area contributed by atoms with Crippen LogP contribution in [0.25, 0.3) is 10.9 Å². The lowest BCUT2D eigenvalue weighted by molar-refractivity contribution is -0.192. The highest BCUT2D eigenvalue weighted by Crippen LogP contribution is 2.30. The lowest BCUT2D eigenvalue weighted by Gasteiger charge is -2.30. The molecule has 1 aromatic carbocycles. The fraction of sp³-hybridized carbons (Fsp3) is 0.478. The number of amides is 2. The van der Waals surface area contributed by atoms with E-state index in [0.717, 1.165) is 10.9 Å². The van der Waals surface area contributed by atoms with Crippen molar-refractivity contribution in [1.82, 2.24) is 20.1 Å². The van der Waals surface area contributed by atoms with Gasteiger partial charge in [0.1, 0.15) is 18.3 Å².